The lowest BCUT2D eigenvalue weighted by atomic mass is 10.0. The van der Waals surface area contributed by atoms with Crippen molar-refractivity contribution in [3.8, 4) is 10.4 Å². The predicted octanol–water partition coefficient (Wildman–Crippen LogP) is 4.51. The normalized spacial score (nSPS) is 12.0. The summed E-state index contributed by atoms with van der Waals surface area (Å²) in [5, 5.41) is 12.7. The summed E-state index contributed by atoms with van der Waals surface area (Å²) < 4.78 is 42.5. The van der Waals surface area contributed by atoms with Crippen LogP contribution < -0.4 is 11.1 Å². The first-order chi connectivity index (χ1) is 13.3. The van der Waals surface area contributed by atoms with Crippen molar-refractivity contribution in [2.45, 2.75) is 19.4 Å². The van der Waals surface area contributed by atoms with Gasteiger partial charge >= 0.3 is 0 Å². The van der Waals surface area contributed by atoms with E-state index in [4.69, 9.17) is 5.73 Å². The van der Waals surface area contributed by atoms with Crippen LogP contribution in [0.3, 0.4) is 0 Å². The molecule has 0 aliphatic rings. The van der Waals surface area contributed by atoms with Gasteiger partial charge in [-0.15, -0.1) is 11.3 Å². The van der Waals surface area contributed by atoms with Crippen molar-refractivity contribution in [1.82, 2.24) is 4.98 Å². The summed E-state index contributed by atoms with van der Waals surface area (Å²) in [5.41, 5.74) is 5.12. The van der Waals surface area contributed by atoms with E-state index < -0.39 is 29.5 Å². The SMILES string of the molecule is CCC(O)c1cc(F)c(-c2cc(C(N)=O)c(Nc3cc(F)ccn3)s2)c(F)c1. The van der Waals surface area contributed by atoms with Crippen molar-refractivity contribution in [2.75, 3.05) is 5.32 Å². The average molecular weight is 407 g/mol. The molecule has 146 valence electrons. The van der Waals surface area contributed by atoms with Crippen LogP contribution in [-0.2, 0) is 0 Å². The van der Waals surface area contributed by atoms with E-state index in [1.807, 2.05) is 0 Å². The van der Waals surface area contributed by atoms with Gasteiger partial charge in [0.1, 0.15) is 28.3 Å². The number of nitrogens with one attached hydrogen (secondary N) is 1. The third-order valence-corrected chi connectivity index (χ3v) is 5.11. The van der Waals surface area contributed by atoms with Crippen LogP contribution >= 0.6 is 11.3 Å². The summed E-state index contributed by atoms with van der Waals surface area (Å²) >= 11 is 0.873. The molecule has 9 heteroatoms. The summed E-state index contributed by atoms with van der Waals surface area (Å²) in [7, 11) is 0. The second-order valence-electron chi connectivity index (χ2n) is 5.99. The van der Waals surface area contributed by atoms with Gasteiger partial charge < -0.3 is 16.2 Å². The second kappa shape index (κ2) is 7.99. The second-order valence-corrected chi connectivity index (χ2v) is 7.04. The van der Waals surface area contributed by atoms with Crippen LogP contribution in [0, 0.1) is 17.5 Å². The molecular weight excluding hydrogens is 391 g/mol. The first-order valence-electron chi connectivity index (χ1n) is 8.29. The van der Waals surface area contributed by atoms with E-state index in [0.717, 1.165) is 35.6 Å². The first-order valence-corrected chi connectivity index (χ1v) is 9.11. The number of aliphatic hydroxyl groups excluding tert-OH is 1. The quantitative estimate of drug-likeness (QED) is 0.561. The highest BCUT2D eigenvalue weighted by atomic mass is 32.1. The van der Waals surface area contributed by atoms with Crippen molar-refractivity contribution in [1.29, 1.82) is 0 Å². The van der Waals surface area contributed by atoms with E-state index >= 15 is 0 Å². The van der Waals surface area contributed by atoms with Gasteiger partial charge in [-0.3, -0.25) is 4.79 Å². The maximum Gasteiger partial charge on any atom is 0.251 e. The van der Waals surface area contributed by atoms with Crippen molar-refractivity contribution in [3.05, 3.63) is 65.1 Å². The van der Waals surface area contributed by atoms with Gasteiger partial charge in [0, 0.05) is 17.1 Å². The molecule has 3 aromatic rings. The average Bonchev–Trinajstić information content (AvgIpc) is 3.04. The summed E-state index contributed by atoms with van der Waals surface area (Å²) in [6.07, 6.45) is 0.546. The number of pyridine rings is 1. The fourth-order valence-corrected chi connectivity index (χ4v) is 3.75. The number of rotatable bonds is 6. The lowest BCUT2D eigenvalue weighted by molar-refractivity contribution is 0.100. The van der Waals surface area contributed by atoms with E-state index in [-0.39, 0.29) is 32.4 Å². The Morgan fingerprint density at radius 1 is 1.25 bits per heavy atom. The van der Waals surface area contributed by atoms with E-state index in [0.29, 0.717) is 6.42 Å². The van der Waals surface area contributed by atoms with Crippen LogP contribution in [0.4, 0.5) is 24.0 Å². The first kappa shape index (κ1) is 19.8. The van der Waals surface area contributed by atoms with Crippen LogP contribution in [0.1, 0.15) is 35.4 Å². The molecule has 0 aliphatic carbocycles. The smallest absolute Gasteiger partial charge is 0.251 e. The Morgan fingerprint density at radius 3 is 2.50 bits per heavy atom. The number of hydrogen-bond acceptors (Lipinski definition) is 5. The molecule has 2 heterocycles. The fourth-order valence-electron chi connectivity index (χ4n) is 2.64. The van der Waals surface area contributed by atoms with Crippen molar-refractivity contribution >= 4 is 28.1 Å². The minimum atomic E-state index is -0.987. The summed E-state index contributed by atoms with van der Waals surface area (Å²) in [5.74, 6) is -3.01. The lowest BCUT2D eigenvalue weighted by Gasteiger charge is -2.11. The van der Waals surface area contributed by atoms with Crippen molar-refractivity contribution < 1.29 is 23.1 Å². The third-order valence-electron chi connectivity index (χ3n) is 4.04. The number of thiophene rings is 1. The molecule has 1 amide bonds. The third kappa shape index (κ3) is 4.00. The van der Waals surface area contributed by atoms with Crippen molar-refractivity contribution in [2.24, 2.45) is 5.73 Å². The predicted molar refractivity (Wildman–Crippen MR) is 101 cm³/mol. The summed E-state index contributed by atoms with van der Waals surface area (Å²) in [6.45, 7) is 1.69. The number of nitrogens with two attached hydrogens (primary N) is 1. The highest BCUT2D eigenvalue weighted by Gasteiger charge is 2.22. The molecule has 3 rings (SSSR count). The van der Waals surface area contributed by atoms with Gasteiger partial charge in [0.15, 0.2) is 0 Å². The zero-order valence-electron chi connectivity index (χ0n) is 14.7. The van der Waals surface area contributed by atoms with Crippen LogP contribution in [0.25, 0.3) is 10.4 Å². The molecule has 0 aliphatic heterocycles. The Bertz CT molecular complexity index is 1020. The number of benzene rings is 1. The maximum absolute atomic E-state index is 14.6. The molecule has 0 saturated heterocycles. The van der Waals surface area contributed by atoms with Crippen LogP contribution in [0.5, 0.6) is 0 Å². The zero-order chi connectivity index (χ0) is 20.4. The fraction of sp³-hybridized carbons (Fsp3) is 0.158. The van der Waals surface area contributed by atoms with E-state index in [1.165, 1.54) is 12.3 Å². The highest BCUT2D eigenvalue weighted by molar-refractivity contribution is 7.20. The highest BCUT2D eigenvalue weighted by Crippen LogP contribution is 2.39. The number of aliphatic hydroxyl groups is 1. The molecule has 28 heavy (non-hydrogen) atoms. The van der Waals surface area contributed by atoms with Gasteiger partial charge in [-0.25, -0.2) is 18.2 Å². The Morgan fingerprint density at radius 2 is 1.93 bits per heavy atom. The number of primary amides is 1. The van der Waals surface area contributed by atoms with Gasteiger partial charge in [-0.2, -0.15) is 0 Å². The lowest BCUT2D eigenvalue weighted by Crippen LogP contribution is -2.11. The largest absolute Gasteiger partial charge is 0.388 e. The molecule has 0 spiro atoms. The summed E-state index contributed by atoms with van der Waals surface area (Å²) in [6, 6.07) is 5.62. The van der Waals surface area contributed by atoms with Crippen LogP contribution in [-0.4, -0.2) is 16.0 Å². The Kier molecular flexibility index (Phi) is 5.66. The van der Waals surface area contributed by atoms with E-state index in [1.54, 1.807) is 6.92 Å². The van der Waals surface area contributed by atoms with Gasteiger partial charge in [-0.1, -0.05) is 6.92 Å². The number of halogens is 3. The Balaban J connectivity index is 2.05. The minimum absolute atomic E-state index is 0.0115. The number of hydrogen-bond donors (Lipinski definition) is 3. The van der Waals surface area contributed by atoms with Gasteiger partial charge in [0.05, 0.1) is 17.2 Å². The van der Waals surface area contributed by atoms with Gasteiger partial charge in [0.2, 0.25) is 0 Å². The molecule has 1 unspecified atom stereocenters. The minimum Gasteiger partial charge on any atom is -0.388 e. The Labute approximate surface area is 162 Å². The molecule has 1 aromatic carbocycles. The van der Waals surface area contributed by atoms with Crippen molar-refractivity contribution in [3.63, 3.8) is 0 Å². The standard InChI is InChI=1S/C19H16F3N3O2S/c1-2-14(26)9-5-12(21)17(13(22)6-9)15-8-11(18(23)27)19(28-15)25-16-7-10(20)3-4-24-16/h3-8,14,26H,2H2,1H3,(H2,23,27)(H,24,25). The topological polar surface area (TPSA) is 88.2 Å². The van der Waals surface area contributed by atoms with Gasteiger partial charge in [-0.05, 0) is 36.2 Å². The number of carbonyl (C=O) groups is 1. The maximum atomic E-state index is 14.6. The molecule has 2 aromatic heterocycles. The number of nitrogens with zero attached hydrogens (tertiary/aromatic N) is 1. The molecule has 0 radical (unpaired) electrons. The van der Waals surface area contributed by atoms with Gasteiger partial charge in [0.25, 0.3) is 5.91 Å². The number of anilines is 2. The summed E-state index contributed by atoms with van der Waals surface area (Å²) in [4.78, 5) is 15.8. The molecule has 1 atom stereocenters. The molecule has 4 N–H and O–H groups in total. The van der Waals surface area contributed by atoms with Crippen LogP contribution in [0.2, 0.25) is 0 Å². The van der Waals surface area contributed by atoms with Crippen LogP contribution in [0.15, 0.2) is 36.5 Å². The zero-order valence-corrected chi connectivity index (χ0v) is 15.5. The molecule has 0 fully saturated rings. The molecular formula is C19H16F3N3O2S. The monoisotopic (exact) mass is 407 g/mol. The number of amides is 1. The molecule has 5 nitrogen and oxygen atoms in total. The Hall–Kier alpha value is -2.91. The number of carbonyl (C=O) groups excluding carboxylic acids is 1. The molecule has 0 saturated carbocycles. The number of aromatic nitrogens is 1. The molecule has 0 bridgehead atoms. The van der Waals surface area contributed by atoms with E-state index in [2.05, 4.69) is 10.3 Å². The van der Waals surface area contributed by atoms with E-state index in [9.17, 15) is 23.1 Å².